The molecule has 0 aromatic heterocycles. The van der Waals surface area contributed by atoms with Crippen LogP contribution in [0.1, 0.15) is 16.7 Å². The fourth-order valence-electron chi connectivity index (χ4n) is 2.62. The first kappa shape index (κ1) is 15.0. The number of hydrogen-bond donors (Lipinski definition) is 0. The van der Waals surface area contributed by atoms with Crippen LogP contribution in [0.4, 0.5) is 0 Å². The highest BCUT2D eigenvalue weighted by Crippen LogP contribution is 2.41. The molecule has 22 heavy (non-hydrogen) atoms. The van der Waals surface area contributed by atoms with E-state index in [4.69, 9.17) is 0 Å². The summed E-state index contributed by atoms with van der Waals surface area (Å²) in [7, 11) is -0.494. The van der Waals surface area contributed by atoms with Gasteiger partial charge in [0.25, 0.3) is 0 Å². The normalized spacial score (nSPS) is 10.9. The van der Waals surface area contributed by atoms with Gasteiger partial charge in [-0.1, -0.05) is 78.9 Å². The lowest BCUT2D eigenvalue weighted by atomic mass is 10.2. The Hall–Kier alpha value is -1.91. The average molecular weight is 303 g/mol. The fourth-order valence-corrected chi connectivity index (χ4v) is 5.03. The van der Waals surface area contributed by atoms with Gasteiger partial charge in [-0.15, -0.1) is 0 Å². The minimum atomic E-state index is -0.494. The molecule has 0 aliphatic rings. The highest BCUT2D eigenvalue weighted by atomic mass is 31.1. The van der Waals surface area contributed by atoms with Crippen molar-refractivity contribution >= 4 is 18.5 Å². The van der Waals surface area contributed by atoms with Crippen molar-refractivity contribution in [3.63, 3.8) is 0 Å². The van der Waals surface area contributed by atoms with Gasteiger partial charge in [0.15, 0.2) is 0 Å². The van der Waals surface area contributed by atoms with Crippen LogP contribution < -0.4 is 10.6 Å². The Morgan fingerprint density at radius 2 is 1.05 bits per heavy atom. The summed E-state index contributed by atoms with van der Waals surface area (Å²) in [5.41, 5.74) is 4.02. The highest BCUT2D eigenvalue weighted by molar-refractivity contribution is 7.75. The first-order valence-corrected chi connectivity index (χ1v) is 8.97. The molecule has 0 heterocycles. The van der Waals surface area contributed by atoms with Crippen molar-refractivity contribution in [1.29, 1.82) is 0 Å². The highest BCUT2D eigenvalue weighted by Gasteiger charge is 2.18. The molecule has 0 unspecified atom stereocenters. The minimum absolute atomic E-state index is 0.494. The topological polar surface area (TPSA) is 0 Å². The number of rotatable bonds is 4. The molecule has 0 aliphatic heterocycles. The standard InChI is InChI=1S/C21H20P/c1-17-10-6-8-14-20(17)22(16-19-12-4-3-5-13-19)21-15-9-7-11-18(21)2/h3-16H,1-2H3. The van der Waals surface area contributed by atoms with Gasteiger partial charge in [0.1, 0.15) is 0 Å². The van der Waals surface area contributed by atoms with E-state index in [1.54, 1.807) is 0 Å². The average Bonchev–Trinajstić information content (AvgIpc) is 2.55. The first-order valence-electron chi connectivity index (χ1n) is 7.56. The monoisotopic (exact) mass is 303 g/mol. The van der Waals surface area contributed by atoms with Crippen LogP contribution in [-0.2, 0) is 0 Å². The Morgan fingerprint density at radius 1 is 0.591 bits per heavy atom. The Kier molecular flexibility index (Phi) is 4.71. The molecule has 0 saturated heterocycles. The van der Waals surface area contributed by atoms with Crippen LogP contribution in [-0.4, -0.2) is 0 Å². The minimum Gasteiger partial charge on any atom is -0.0622 e. The molecule has 1 heteroatoms. The van der Waals surface area contributed by atoms with Gasteiger partial charge < -0.3 is 0 Å². The molecule has 3 aromatic rings. The van der Waals surface area contributed by atoms with Crippen LogP contribution in [0.25, 0.3) is 0 Å². The van der Waals surface area contributed by atoms with Gasteiger partial charge in [-0.2, -0.15) is 0 Å². The zero-order valence-electron chi connectivity index (χ0n) is 13.0. The van der Waals surface area contributed by atoms with Crippen molar-refractivity contribution in [3.8, 4) is 0 Å². The first-order chi connectivity index (χ1) is 10.8. The van der Waals surface area contributed by atoms with Crippen molar-refractivity contribution in [2.45, 2.75) is 13.8 Å². The lowest BCUT2D eigenvalue weighted by molar-refractivity contribution is 1.50. The summed E-state index contributed by atoms with van der Waals surface area (Å²) in [6.07, 6.45) is 2.43. The van der Waals surface area contributed by atoms with E-state index in [1.807, 2.05) is 0 Å². The number of hydrogen-bond acceptors (Lipinski definition) is 0. The molecular weight excluding hydrogens is 283 g/mol. The molecule has 1 radical (unpaired) electrons. The Labute approximate surface area is 134 Å². The Morgan fingerprint density at radius 3 is 1.55 bits per heavy atom. The van der Waals surface area contributed by atoms with Gasteiger partial charge in [-0.05, 0) is 49.1 Å². The van der Waals surface area contributed by atoms with Crippen molar-refractivity contribution < 1.29 is 0 Å². The lowest BCUT2D eigenvalue weighted by Gasteiger charge is -2.22. The predicted molar refractivity (Wildman–Crippen MR) is 98.4 cm³/mol. The van der Waals surface area contributed by atoms with Crippen LogP contribution in [0.2, 0.25) is 0 Å². The van der Waals surface area contributed by atoms with Gasteiger partial charge >= 0.3 is 0 Å². The van der Waals surface area contributed by atoms with Crippen LogP contribution in [0, 0.1) is 20.0 Å². The van der Waals surface area contributed by atoms with Gasteiger partial charge in [0.2, 0.25) is 0 Å². The third-order valence-electron chi connectivity index (χ3n) is 3.83. The third kappa shape index (κ3) is 3.29. The van der Waals surface area contributed by atoms with E-state index in [0.29, 0.717) is 0 Å². The number of aryl methyl sites for hydroxylation is 2. The number of benzene rings is 3. The summed E-state index contributed by atoms with van der Waals surface area (Å²) in [4.78, 5) is 0. The van der Waals surface area contributed by atoms with Gasteiger partial charge in [0, 0.05) is 6.16 Å². The molecule has 0 saturated carbocycles. The maximum atomic E-state index is 2.43. The van der Waals surface area contributed by atoms with Gasteiger partial charge in [0.05, 0.1) is 0 Å². The second-order valence-corrected chi connectivity index (χ2v) is 7.44. The molecule has 3 rings (SSSR count). The third-order valence-corrected chi connectivity index (χ3v) is 6.43. The summed E-state index contributed by atoms with van der Waals surface area (Å²) in [5.74, 6) is 0. The van der Waals surface area contributed by atoms with E-state index < -0.39 is 7.92 Å². The van der Waals surface area contributed by atoms with Crippen LogP contribution in [0.3, 0.4) is 0 Å². The summed E-state index contributed by atoms with van der Waals surface area (Å²) in [6.45, 7) is 4.42. The molecular formula is C21H20P. The predicted octanol–water partition coefficient (Wildman–Crippen LogP) is 4.95. The quantitative estimate of drug-likeness (QED) is 0.598. The molecule has 0 nitrogen and oxygen atoms in total. The van der Waals surface area contributed by atoms with Gasteiger partial charge in [-0.25, -0.2) is 0 Å². The van der Waals surface area contributed by atoms with Crippen LogP contribution >= 0.6 is 7.92 Å². The van der Waals surface area contributed by atoms with Crippen molar-refractivity contribution in [3.05, 3.63) is 102 Å². The van der Waals surface area contributed by atoms with E-state index in [1.165, 1.54) is 27.3 Å². The zero-order valence-corrected chi connectivity index (χ0v) is 13.9. The second kappa shape index (κ2) is 6.90. The van der Waals surface area contributed by atoms with E-state index in [0.717, 1.165) is 0 Å². The van der Waals surface area contributed by atoms with Crippen molar-refractivity contribution in [2.24, 2.45) is 0 Å². The van der Waals surface area contributed by atoms with Crippen LogP contribution in [0.5, 0.6) is 0 Å². The molecule has 0 atom stereocenters. The van der Waals surface area contributed by atoms with Crippen molar-refractivity contribution in [2.75, 3.05) is 0 Å². The summed E-state index contributed by atoms with van der Waals surface area (Å²) in [6, 6.07) is 28.1. The molecule has 0 N–H and O–H groups in total. The Balaban J connectivity index is 2.07. The molecule has 0 aliphatic carbocycles. The second-order valence-electron chi connectivity index (χ2n) is 5.48. The zero-order chi connectivity index (χ0) is 15.4. The molecule has 109 valence electrons. The molecule has 0 fully saturated rings. The summed E-state index contributed by atoms with van der Waals surface area (Å²) in [5, 5.41) is 2.88. The smallest absolute Gasteiger partial charge is 0.0236 e. The molecule has 0 spiro atoms. The molecule has 0 amide bonds. The van der Waals surface area contributed by atoms with E-state index >= 15 is 0 Å². The maximum Gasteiger partial charge on any atom is 0.0236 e. The fraction of sp³-hybridized carbons (Fsp3) is 0.0952. The SMILES string of the molecule is Cc1ccccc1P([CH]c1ccccc1)c1ccccc1C. The Bertz CT molecular complexity index is 701. The maximum absolute atomic E-state index is 2.43. The van der Waals surface area contributed by atoms with Crippen molar-refractivity contribution in [1.82, 2.24) is 0 Å². The van der Waals surface area contributed by atoms with E-state index in [2.05, 4.69) is 98.9 Å². The van der Waals surface area contributed by atoms with E-state index in [-0.39, 0.29) is 0 Å². The van der Waals surface area contributed by atoms with Gasteiger partial charge in [-0.3, -0.25) is 0 Å². The summed E-state index contributed by atoms with van der Waals surface area (Å²) >= 11 is 0. The largest absolute Gasteiger partial charge is 0.0622 e. The van der Waals surface area contributed by atoms with E-state index in [9.17, 15) is 0 Å². The lowest BCUT2D eigenvalue weighted by Crippen LogP contribution is -2.16. The molecule has 0 bridgehead atoms. The summed E-state index contributed by atoms with van der Waals surface area (Å²) < 4.78 is 0. The van der Waals surface area contributed by atoms with Crippen LogP contribution in [0.15, 0.2) is 78.9 Å². The molecule has 3 aromatic carbocycles.